The predicted octanol–water partition coefficient (Wildman–Crippen LogP) is 4.08. The smallest absolute Gasteiger partial charge is 0.178 e. The second kappa shape index (κ2) is 5.93. The molecular formula is C14H9F3OS. The van der Waals surface area contributed by atoms with Crippen molar-refractivity contribution in [3.63, 3.8) is 0 Å². The first kappa shape index (κ1) is 13.7. The molecule has 5 heteroatoms. The molecule has 0 saturated carbocycles. The lowest BCUT2D eigenvalue weighted by Gasteiger charge is -2.04. The summed E-state index contributed by atoms with van der Waals surface area (Å²) >= 11 is 1.10. The first-order valence-corrected chi connectivity index (χ1v) is 6.42. The molecule has 0 saturated heterocycles. The van der Waals surface area contributed by atoms with Gasteiger partial charge in [0.2, 0.25) is 0 Å². The van der Waals surface area contributed by atoms with Crippen LogP contribution in [0.1, 0.15) is 10.4 Å². The van der Waals surface area contributed by atoms with E-state index in [9.17, 15) is 18.0 Å². The van der Waals surface area contributed by atoms with Crippen LogP contribution in [0.4, 0.5) is 13.2 Å². The molecule has 0 radical (unpaired) electrons. The normalized spacial score (nSPS) is 10.5. The highest BCUT2D eigenvalue weighted by molar-refractivity contribution is 8.00. The Morgan fingerprint density at radius 2 is 1.53 bits per heavy atom. The first-order valence-electron chi connectivity index (χ1n) is 5.43. The van der Waals surface area contributed by atoms with E-state index < -0.39 is 23.0 Å². The van der Waals surface area contributed by atoms with Crippen molar-refractivity contribution in [2.24, 2.45) is 0 Å². The standard InChI is InChI=1S/C14H9F3OS/c15-9-4-6-10(7-5-9)19-8-13(18)14-11(16)2-1-3-12(14)17/h1-7H,8H2. The molecule has 0 unspecified atom stereocenters. The molecule has 0 aliphatic heterocycles. The predicted molar refractivity (Wildman–Crippen MR) is 67.8 cm³/mol. The van der Waals surface area contributed by atoms with Crippen molar-refractivity contribution in [3.05, 3.63) is 65.5 Å². The molecule has 0 spiro atoms. The number of halogens is 3. The molecule has 0 amide bonds. The van der Waals surface area contributed by atoms with Crippen LogP contribution >= 0.6 is 11.8 Å². The third-order valence-corrected chi connectivity index (χ3v) is 3.44. The van der Waals surface area contributed by atoms with Gasteiger partial charge in [-0.3, -0.25) is 4.79 Å². The minimum atomic E-state index is -0.871. The number of hydrogen-bond donors (Lipinski definition) is 0. The van der Waals surface area contributed by atoms with Crippen molar-refractivity contribution >= 4 is 17.5 Å². The zero-order valence-corrected chi connectivity index (χ0v) is 10.5. The van der Waals surface area contributed by atoms with E-state index in [0.29, 0.717) is 4.90 Å². The maximum absolute atomic E-state index is 13.4. The SMILES string of the molecule is O=C(CSc1ccc(F)cc1)c1c(F)cccc1F. The number of Topliss-reactive ketones (excluding diaryl/α,β-unsaturated/α-hetero) is 1. The molecule has 0 aliphatic carbocycles. The number of carbonyl (C=O) groups is 1. The summed E-state index contributed by atoms with van der Waals surface area (Å²) in [5.41, 5.74) is -0.530. The van der Waals surface area contributed by atoms with Gasteiger partial charge in [-0.2, -0.15) is 0 Å². The minimum absolute atomic E-state index is 0.108. The maximum Gasteiger partial charge on any atom is 0.178 e. The average molecular weight is 282 g/mol. The van der Waals surface area contributed by atoms with Gasteiger partial charge < -0.3 is 0 Å². The molecule has 1 nitrogen and oxygen atoms in total. The summed E-state index contributed by atoms with van der Waals surface area (Å²) in [6.45, 7) is 0. The van der Waals surface area contributed by atoms with Gasteiger partial charge in [-0.15, -0.1) is 11.8 Å². The molecule has 0 fully saturated rings. The van der Waals surface area contributed by atoms with Gasteiger partial charge in [0, 0.05) is 4.90 Å². The van der Waals surface area contributed by atoms with Gasteiger partial charge in [0.15, 0.2) is 5.78 Å². The molecule has 2 aromatic rings. The lowest BCUT2D eigenvalue weighted by Crippen LogP contribution is -2.08. The fraction of sp³-hybridized carbons (Fsp3) is 0.0714. The zero-order valence-electron chi connectivity index (χ0n) is 9.70. The van der Waals surface area contributed by atoms with Gasteiger partial charge in [-0.1, -0.05) is 6.07 Å². The minimum Gasteiger partial charge on any atom is -0.293 e. The Bertz CT molecular complexity index is 576. The third kappa shape index (κ3) is 3.38. The molecule has 19 heavy (non-hydrogen) atoms. The van der Waals surface area contributed by atoms with Crippen LogP contribution in [0.2, 0.25) is 0 Å². The maximum atomic E-state index is 13.4. The molecule has 2 rings (SSSR count). The number of benzene rings is 2. The largest absolute Gasteiger partial charge is 0.293 e. The van der Waals surface area contributed by atoms with E-state index in [1.807, 2.05) is 0 Å². The molecule has 0 aliphatic rings. The van der Waals surface area contributed by atoms with Crippen molar-refractivity contribution in [2.45, 2.75) is 4.90 Å². The quantitative estimate of drug-likeness (QED) is 0.621. The van der Waals surface area contributed by atoms with Crippen LogP contribution in [0.3, 0.4) is 0 Å². The molecule has 0 N–H and O–H groups in total. The Morgan fingerprint density at radius 1 is 0.947 bits per heavy atom. The first-order chi connectivity index (χ1) is 9.08. The molecule has 2 aromatic carbocycles. The van der Waals surface area contributed by atoms with Crippen LogP contribution in [0.5, 0.6) is 0 Å². The summed E-state index contributed by atoms with van der Waals surface area (Å²) < 4.78 is 39.4. The van der Waals surface area contributed by atoms with Crippen LogP contribution in [0, 0.1) is 17.5 Å². The molecule has 98 valence electrons. The van der Waals surface area contributed by atoms with Crippen molar-refractivity contribution < 1.29 is 18.0 Å². The Kier molecular flexibility index (Phi) is 4.27. The molecule has 0 aromatic heterocycles. The van der Waals surface area contributed by atoms with E-state index in [-0.39, 0.29) is 11.6 Å². The Hall–Kier alpha value is -1.75. The van der Waals surface area contributed by atoms with E-state index in [0.717, 1.165) is 23.9 Å². The number of rotatable bonds is 4. The van der Waals surface area contributed by atoms with Crippen LogP contribution in [-0.4, -0.2) is 11.5 Å². The molecule has 0 atom stereocenters. The van der Waals surface area contributed by atoms with E-state index in [2.05, 4.69) is 0 Å². The Balaban J connectivity index is 2.07. The fourth-order valence-electron chi connectivity index (χ4n) is 1.52. The van der Waals surface area contributed by atoms with Crippen LogP contribution in [0.15, 0.2) is 47.4 Å². The molecule has 0 bridgehead atoms. The van der Waals surface area contributed by atoms with E-state index in [4.69, 9.17) is 0 Å². The summed E-state index contributed by atoms with van der Waals surface area (Å²) in [5.74, 6) is -2.86. The highest BCUT2D eigenvalue weighted by Gasteiger charge is 2.16. The van der Waals surface area contributed by atoms with Gasteiger partial charge in [-0.05, 0) is 36.4 Å². The van der Waals surface area contributed by atoms with E-state index >= 15 is 0 Å². The highest BCUT2D eigenvalue weighted by Crippen LogP contribution is 2.21. The summed E-state index contributed by atoms with van der Waals surface area (Å²) in [5, 5.41) is 0. The highest BCUT2D eigenvalue weighted by atomic mass is 32.2. The topological polar surface area (TPSA) is 17.1 Å². The van der Waals surface area contributed by atoms with Crippen LogP contribution < -0.4 is 0 Å². The van der Waals surface area contributed by atoms with E-state index in [1.165, 1.54) is 30.3 Å². The van der Waals surface area contributed by atoms with Crippen molar-refractivity contribution in [2.75, 3.05) is 5.75 Å². The van der Waals surface area contributed by atoms with Gasteiger partial charge in [0.25, 0.3) is 0 Å². The van der Waals surface area contributed by atoms with Gasteiger partial charge in [-0.25, -0.2) is 13.2 Å². The third-order valence-electron chi connectivity index (χ3n) is 2.43. The fourth-order valence-corrected chi connectivity index (χ4v) is 2.29. The van der Waals surface area contributed by atoms with Gasteiger partial charge in [0.05, 0.1) is 11.3 Å². The summed E-state index contributed by atoms with van der Waals surface area (Å²) in [6.07, 6.45) is 0. The Morgan fingerprint density at radius 3 is 2.11 bits per heavy atom. The molecular weight excluding hydrogens is 273 g/mol. The number of hydrogen-bond acceptors (Lipinski definition) is 2. The van der Waals surface area contributed by atoms with E-state index in [1.54, 1.807) is 0 Å². The van der Waals surface area contributed by atoms with Crippen LogP contribution in [-0.2, 0) is 0 Å². The average Bonchev–Trinajstić information content (AvgIpc) is 2.38. The van der Waals surface area contributed by atoms with Crippen molar-refractivity contribution in [1.29, 1.82) is 0 Å². The second-order valence-electron chi connectivity index (χ2n) is 3.76. The number of ketones is 1. The lowest BCUT2D eigenvalue weighted by molar-refractivity contribution is 0.101. The second-order valence-corrected chi connectivity index (χ2v) is 4.81. The monoisotopic (exact) mass is 282 g/mol. The van der Waals surface area contributed by atoms with Gasteiger partial charge >= 0.3 is 0 Å². The van der Waals surface area contributed by atoms with Crippen molar-refractivity contribution in [3.8, 4) is 0 Å². The van der Waals surface area contributed by atoms with Crippen LogP contribution in [0.25, 0.3) is 0 Å². The zero-order chi connectivity index (χ0) is 13.8. The Labute approximate surface area is 112 Å². The number of thioether (sulfide) groups is 1. The summed E-state index contributed by atoms with van der Waals surface area (Å²) in [7, 11) is 0. The van der Waals surface area contributed by atoms with Crippen molar-refractivity contribution in [1.82, 2.24) is 0 Å². The summed E-state index contributed by atoms with van der Waals surface area (Å²) in [6, 6.07) is 8.81. The van der Waals surface area contributed by atoms with Gasteiger partial charge in [0.1, 0.15) is 17.5 Å². The molecule has 0 heterocycles. The number of carbonyl (C=O) groups excluding carboxylic acids is 1. The summed E-state index contributed by atoms with van der Waals surface area (Å²) in [4.78, 5) is 12.4. The lowest BCUT2D eigenvalue weighted by atomic mass is 10.1.